The van der Waals surface area contributed by atoms with Gasteiger partial charge in [-0.3, -0.25) is 0 Å². The molecule has 0 spiro atoms. The third kappa shape index (κ3) is 4.91. The van der Waals surface area contributed by atoms with Gasteiger partial charge < -0.3 is 13.3 Å². The molecular formula is C15H24O3Si. The van der Waals surface area contributed by atoms with Gasteiger partial charge in [0.15, 0.2) is 0 Å². The molecule has 0 heterocycles. The van der Waals surface area contributed by atoms with Gasteiger partial charge in [-0.2, -0.15) is 0 Å². The second-order valence-electron chi connectivity index (χ2n) is 4.45. The number of hydrogen-bond donors (Lipinski definition) is 0. The Morgan fingerprint density at radius 2 is 1.58 bits per heavy atom. The van der Waals surface area contributed by atoms with Crippen LogP contribution in [-0.4, -0.2) is 30.1 Å². The largest absolute Gasteiger partial charge is 0.500 e. The van der Waals surface area contributed by atoms with Crippen LogP contribution in [0, 0.1) is 0 Å². The molecule has 0 aliphatic carbocycles. The third-order valence-corrected chi connectivity index (χ3v) is 6.18. The molecule has 19 heavy (non-hydrogen) atoms. The summed E-state index contributed by atoms with van der Waals surface area (Å²) in [7, 11) is 2.60. The Balaban J connectivity index is 2.35. The van der Waals surface area contributed by atoms with Crippen molar-refractivity contribution in [3.05, 3.63) is 42.0 Å². The van der Waals surface area contributed by atoms with Crippen molar-refractivity contribution in [2.24, 2.45) is 0 Å². The lowest BCUT2D eigenvalue weighted by molar-refractivity contribution is 0.123. The maximum atomic E-state index is 5.40. The molecule has 0 N–H and O–H groups in total. The van der Waals surface area contributed by atoms with Gasteiger partial charge in [0.05, 0.1) is 0 Å². The van der Waals surface area contributed by atoms with Crippen molar-refractivity contribution in [1.82, 2.24) is 0 Å². The number of rotatable bonds is 9. The first-order valence-electron chi connectivity index (χ1n) is 6.56. The van der Waals surface area contributed by atoms with Crippen molar-refractivity contribution in [3.63, 3.8) is 0 Å². The molecule has 0 atom stereocenters. The van der Waals surface area contributed by atoms with Gasteiger partial charge in [-0.1, -0.05) is 36.9 Å². The highest BCUT2D eigenvalue weighted by Crippen LogP contribution is 2.18. The minimum Gasteiger partial charge on any atom is -0.377 e. The van der Waals surface area contributed by atoms with Crippen LogP contribution >= 0.6 is 0 Å². The highest BCUT2D eigenvalue weighted by Gasteiger charge is 2.36. The van der Waals surface area contributed by atoms with Crippen LogP contribution in [0.3, 0.4) is 0 Å². The SMILES string of the molecule is C=Cc1ccc(CCCC[Si](OC)(OC)OC)cc1. The van der Waals surface area contributed by atoms with E-state index in [2.05, 4.69) is 30.8 Å². The summed E-state index contributed by atoms with van der Waals surface area (Å²) >= 11 is 0. The number of hydrogen-bond acceptors (Lipinski definition) is 3. The Labute approximate surface area is 117 Å². The number of unbranched alkanes of at least 4 members (excludes halogenated alkanes) is 1. The van der Waals surface area contributed by atoms with E-state index in [1.54, 1.807) is 21.3 Å². The smallest absolute Gasteiger partial charge is 0.377 e. The monoisotopic (exact) mass is 280 g/mol. The van der Waals surface area contributed by atoms with Gasteiger partial charge in [-0.05, 0) is 30.4 Å². The first-order chi connectivity index (χ1) is 9.19. The van der Waals surface area contributed by atoms with Gasteiger partial charge in [0.25, 0.3) is 0 Å². The summed E-state index contributed by atoms with van der Waals surface area (Å²) in [6.45, 7) is 3.75. The van der Waals surface area contributed by atoms with Crippen molar-refractivity contribution >= 4 is 14.9 Å². The molecule has 0 radical (unpaired) electrons. The van der Waals surface area contributed by atoms with E-state index in [4.69, 9.17) is 13.3 Å². The van der Waals surface area contributed by atoms with Gasteiger partial charge in [-0.25, -0.2) is 0 Å². The van der Waals surface area contributed by atoms with Crippen molar-refractivity contribution < 1.29 is 13.3 Å². The average Bonchev–Trinajstić information content (AvgIpc) is 2.49. The van der Waals surface area contributed by atoms with E-state index in [1.807, 2.05) is 6.08 Å². The fraction of sp³-hybridized carbons (Fsp3) is 0.467. The molecule has 1 rings (SSSR count). The molecular weight excluding hydrogens is 256 g/mol. The van der Waals surface area contributed by atoms with Crippen LogP contribution < -0.4 is 0 Å². The Kier molecular flexibility index (Phi) is 7.01. The summed E-state index contributed by atoms with van der Waals surface area (Å²) in [5.41, 5.74) is 2.51. The molecule has 106 valence electrons. The summed E-state index contributed by atoms with van der Waals surface area (Å²) in [6.07, 6.45) is 5.09. The van der Waals surface area contributed by atoms with E-state index in [0.29, 0.717) is 0 Å². The molecule has 0 fully saturated rings. The van der Waals surface area contributed by atoms with Gasteiger partial charge in [0, 0.05) is 27.4 Å². The summed E-state index contributed by atoms with van der Waals surface area (Å²) in [6, 6.07) is 9.37. The van der Waals surface area contributed by atoms with Crippen molar-refractivity contribution in [3.8, 4) is 0 Å². The Hall–Kier alpha value is -0.943. The van der Waals surface area contributed by atoms with E-state index < -0.39 is 8.80 Å². The minimum absolute atomic E-state index is 0.862. The predicted molar refractivity (Wildman–Crippen MR) is 81.1 cm³/mol. The first kappa shape index (κ1) is 16.1. The Morgan fingerprint density at radius 3 is 2.05 bits per heavy atom. The van der Waals surface area contributed by atoms with Crippen molar-refractivity contribution in [2.45, 2.75) is 25.3 Å². The third-order valence-electron chi connectivity index (χ3n) is 3.35. The van der Waals surface area contributed by atoms with Crippen molar-refractivity contribution in [1.29, 1.82) is 0 Å². The van der Waals surface area contributed by atoms with Crippen LogP contribution in [0.5, 0.6) is 0 Å². The molecule has 0 aliphatic heterocycles. The van der Waals surface area contributed by atoms with Crippen LogP contribution in [0.15, 0.2) is 30.8 Å². The van der Waals surface area contributed by atoms with Crippen LogP contribution in [0.4, 0.5) is 0 Å². The highest BCUT2D eigenvalue weighted by atomic mass is 28.4. The lowest BCUT2D eigenvalue weighted by atomic mass is 10.1. The zero-order valence-electron chi connectivity index (χ0n) is 12.1. The van der Waals surface area contributed by atoms with Crippen molar-refractivity contribution in [2.75, 3.05) is 21.3 Å². The highest BCUT2D eigenvalue weighted by molar-refractivity contribution is 6.60. The molecule has 0 aromatic heterocycles. The van der Waals surface area contributed by atoms with E-state index >= 15 is 0 Å². The summed E-state index contributed by atoms with van der Waals surface area (Å²) < 4.78 is 16.2. The lowest BCUT2D eigenvalue weighted by Gasteiger charge is -2.24. The first-order valence-corrected chi connectivity index (χ1v) is 8.49. The topological polar surface area (TPSA) is 27.7 Å². The lowest BCUT2D eigenvalue weighted by Crippen LogP contribution is -2.42. The van der Waals surface area contributed by atoms with Gasteiger partial charge in [-0.15, -0.1) is 0 Å². The van der Waals surface area contributed by atoms with Gasteiger partial charge in [0.2, 0.25) is 0 Å². The van der Waals surface area contributed by atoms with Crippen LogP contribution in [0.2, 0.25) is 6.04 Å². The molecule has 0 amide bonds. The maximum absolute atomic E-state index is 5.40. The quantitative estimate of drug-likeness (QED) is 0.511. The molecule has 0 saturated heterocycles. The fourth-order valence-corrected chi connectivity index (χ4v) is 3.84. The van der Waals surface area contributed by atoms with Crippen LogP contribution in [0.1, 0.15) is 24.0 Å². The number of benzene rings is 1. The predicted octanol–water partition coefficient (Wildman–Crippen LogP) is 3.53. The molecule has 0 aliphatic rings. The van der Waals surface area contributed by atoms with E-state index in [1.165, 1.54) is 5.56 Å². The van der Waals surface area contributed by atoms with Crippen LogP contribution in [0.25, 0.3) is 6.08 Å². The van der Waals surface area contributed by atoms with Gasteiger partial charge in [0.1, 0.15) is 0 Å². The standard InChI is InChI=1S/C15H24O3Si/c1-5-14-9-11-15(12-10-14)8-6-7-13-19(16-2,17-3)18-4/h5,9-12H,1,6-8,13H2,2-4H3. The van der Waals surface area contributed by atoms with E-state index in [9.17, 15) is 0 Å². The zero-order valence-corrected chi connectivity index (χ0v) is 13.1. The molecule has 0 bridgehead atoms. The zero-order chi connectivity index (χ0) is 14.1. The fourth-order valence-electron chi connectivity index (χ4n) is 2.05. The van der Waals surface area contributed by atoms with E-state index in [-0.39, 0.29) is 0 Å². The molecule has 1 aromatic rings. The maximum Gasteiger partial charge on any atom is 0.500 e. The number of aryl methyl sites for hydroxylation is 1. The molecule has 3 nitrogen and oxygen atoms in total. The Bertz CT molecular complexity index is 363. The second kappa shape index (κ2) is 8.27. The average molecular weight is 280 g/mol. The summed E-state index contributed by atoms with van der Waals surface area (Å²) in [5, 5.41) is 0. The van der Waals surface area contributed by atoms with E-state index in [0.717, 1.165) is 30.9 Å². The summed E-state index contributed by atoms with van der Waals surface area (Å²) in [5.74, 6) is 0. The van der Waals surface area contributed by atoms with Crippen LogP contribution in [-0.2, 0) is 19.7 Å². The molecule has 0 unspecified atom stereocenters. The molecule has 0 saturated carbocycles. The normalized spacial score (nSPS) is 11.5. The second-order valence-corrected chi connectivity index (χ2v) is 7.54. The van der Waals surface area contributed by atoms with Gasteiger partial charge >= 0.3 is 8.80 Å². The summed E-state index contributed by atoms with van der Waals surface area (Å²) in [4.78, 5) is 0. The molecule has 4 heteroatoms. The minimum atomic E-state index is -2.38. The Morgan fingerprint density at radius 1 is 1.00 bits per heavy atom. The molecule has 1 aromatic carbocycles.